The first-order valence-corrected chi connectivity index (χ1v) is 26.8. The number of nitrogens with zero attached hydrogens (tertiary/aromatic N) is 9. The molecule has 0 spiro atoms. The molecule has 398 valence electrons. The van der Waals surface area contributed by atoms with E-state index in [0.29, 0.717) is 133 Å². The zero-order valence-corrected chi connectivity index (χ0v) is 43.2. The molecule has 5 unspecified atom stereocenters. The second-order valence-electron chi connectivity index (χ2n) is 19.2. The molecule has 4 aromatic heterocycles. The van der Waals surface area contributed by atoms with E-state index >= 15 is 8.42 Å². The fourth-order valence-corrected chi connectivity index (χ4v) is 11.2. The first kappa shape index (κ1) is 51.7. The van der Waals surface area contributed by atoms with Gasteiger partial charge in [-0.3, -0.25) is 4.90 Å². The van der Waals surface area contributed by atoms with Crippen LogP contribution in [0.15, 0.2) is 61.2 Å². The lowest BCUT2D eigenvalue weighted by atomic mass is 10.1. The molecular weight excluding hydrogens is 987 g/mol. The van der Waals surface area contributed by atoms with E-state index < -0.39 is 28.0 Å². The number of aliphatic hydroxyl groups is 2. The predicted octanol–water partition coefficient (Wildman–Crippen LogP) is 2.97. The van der Waals surface area contributed by atoms with Crippen molar-refractivity contribution in [1.29, 1.82) is 0 Å². The lowest BCUT2D eigenvalue weighted by Gasteiger charge is -2.37. The summed E-state index contributed by atoms with van der Waals surface area (Å²) in [6.07, 6.45) is 4.07. The van der Waals surface area contributed by atoms with E-state index in [1.54, 1.807) is 55.5 Å². The van der Waals surface area contributed by atoms with Crippen LogP contribution in [0.5, 0.6) is 11.5 Å². The minimum Gasteiger partial charge on any atom is -0.491 e. The van der Waals surface area contributed by atoms with Crippen LogP contribution < -0.4 is 35.6 Å². The van der Waals surface area contributed by atoms with Gasteiger partial charge in [0, 0.05) is 91.5 Å². The molecular formula is C51H63N13O10S. The van der Waals surface area contributed by atoms with Crippen LogP contribution in [-0.2, 0) is 30.0 Å². The van der Waals surface area contributed by atoms with Gasteiger partial charge in [0.1, 0.15) is 67.3 Å². The molecule has 4 aliphatic heterocycles. The van der Waals surface area contributed by atoms with Crippen LogP contribution in [0.25, 0.3) is 45.1 Å². The van der Waals surface area contributed by atoms with Gasteiger partial charge in [-0.25, -0.2) is 47.1 Å². The summed E-state index contributed by atoms with van der Waals surface area (Å²) in [5.41, 5.74) is 3.89. The van der Waals surface area contributed by atoms with Gasteiger partial charge in [-0.1, -0.05) is 18.2 Å². The van der Waals surface area contributed by atoms with Gasteiger partial charge in [0.15, 0.2) is 17.3 Å². The number of amides is 1. The first-order chi connectivity index (χ1) is 36.3. The number of aromatic nitrogens is 7. The van der Waals surface area contributed by atoms with Crippen LogP contribution >= 0.6 is 0 Å². The summed E-state index contributed by atoms with van der Waals surface area (Å²) in [4.78, 5) is 45.6. The van der Waals surface area contributed by atoms with Gasteiger partial charge in [-0.2, -0.15) is 0 Å². The Morgan fingerprint density at radius 1 is 0.813 bits per heavy atom. The van der Waals surface area contributed by atoms with Gasteiger partial charge in [0.05, 0.1) is 42.8 Å². The quantitative estimate of drug-likeness (QED) is 0.0605. The van der Waals surface area contributed by atoms with Crippen molar-refractivity contribution in [3.8, 4) is 45.5 Å². The lowest BCUT2D eigenvalue weighted by molar-refractivity contribution is 0.108. The number of carbonyl (C=O) groups excluding carboxylic acids is 1. The number of carbonyl (C=O) groups is 1. The zero-order valence-electron chi connectivity index (χ0n) is 42.4. The van der Waals surface area contributed by atoms with E-state index in [0.717, 1.165) is 18.4 Å². The van der Waals surface area contributed by atoms with Crippen molar-refractivity contribution >= 4 is 44.6 Å². The fraction of sp³-hybridized carbons (Fsp3) is 0.471. The third-order valence-corrected chi connectivity index (χ3v) is 15.3. The van der Waals surface area contributed by atoms with E-state index in [-0.39, 0.29) is 55.5 Å². The average molecular weight is 1050 g/mol. The van der Waals surface area contributed by atoms with Crippen molar-refractivity contribution in [1.82, 2.24) is 49.4 Å². The summed E-state index contributed by atoms with van der Waals surface area (Å²) in [5.74, 6) is 2.68. The number of nitrogens with one attached hydrogen (secondary N) is 4. The molecule has 0 aliphatic carbocycles. The van der Waals surface area contributed by atoms with Crippen molar-refractivity contribution < 1.29 is 47.1 Å². The maximum atomic E-state index is 15.3. The molecule has 0 saturated carbocycles. The molecule has 4 saturated heterocycles. The Hall–Kier alpha value is -6.80. The first-order valence-electron chi connectivity index (χ1n) is 25.2. The molecule has 6 N–H and O–H groups in total. The number of ether oxygens (including phenoxy) is 5. The van der Waals surface area contributed by atoms with Gasteiger partial charge in [0.2, 0.25) is 10.0 Å². The Bertz CT molecular complexity index is 3130. The molecule has 5 atom stereocenters. The number of fused-ring (bicyclic) bond motifs is 2. The molecule has 75 heavy (non-hydrogen) atoms. The Morgan fingerprint density at radius 2 is 1.51 bits per heavy atom. The fourth-order valence-electron chi connectivity index (χ4n) is 9.77. The van der Waals surface area contributed by atoms with Gasteiger partial charge >= 0.3 is 6.09 Å². The maximum Gasteiger partial charge on any atom is 0.410 e. The normalized spacial score (nSPS) is 19.5. The minimum atomic E-state index is -4.34. The number of hydrogen-bond acceptors (Lipinski definition) is 21. The van der Waals surface area contributed by atoms with Gasteiger partial charge < -0.3 is 60.1 Å². The van der Waals surface area contributed by atoms with E-state index in [4.69, 9.17) is 43.6 Å². The molecule has 1 amide bonds. The number of aliphatic hydroxyl groups excluding tert-OH is 2. The second kappa shape index (κ2) is 22.6. The number of cyclic esters (lactones) is 1. The Labute approximate surface area is 434 Å². The predicted molar refractivity (Wildman–Crippen MR) is 280 cm³/mol. The summed E-state index contributed by atoms with van der Waals surface area (Å²) in [5, 5.41) is 34.4. The van der Waals surface area contributed by atoms with Crippen LogP contribution in [0.4, 0.5) is 22.2 Å². The van der Waals surface area contributed by atoms with Crippen molar-refractivity contribution in [3.05, 3.63) is 77.9 Å². The second-order valence-corrected chi connectivity index (χ2v) is 21.1. The molecule has 0 radical (unpaired) electrons. The lowest BCUT2D eigenvalue weighted by Crippen LogP contribution is -2.52. The van der Waals surface area contributed by atoms with Crippen LogP contribution in [0.3, 0.4) is 0 Å². The summed E-state index contributed by atoms with van der Waals surface area (Å²) in [7, 11) is -0.853. The molecule has 8 heterocycles. The number of rotatable bonds is 21. The van der Waals surface area contributed by atoms with Gasteiger partial charge in [-0.05, 0) is 70.6 Å². The number of hydrogen-bond donors (Lipinski definition) is 6. The van der Waals surface area contributed by atoms with Gasteiger partial charge in [-0.15, -0.1) is 0 Å². The smallest absolute Gasteiger partial charge is 0.410 e. The molecule has 24 heteroatoms. The van der Waals surface area contributed by atoms with Gasteiger partial charge in [0.25, 0.3) is 0 Å². The monoisotopic (exact) mass is 1050 g/mol. The van der Waals surface area contributed by atoms with Crippen molar-refractivity contribution in [3.63, 3.8) is 0 Å². The van der Waals surface area contributed by atoms with Crippen LogP contribution in [-0.4, -0.2) is 187 Å². The molecule has 0 bridgehead atoms. The molecule has 23 nitrogen and oxygen atoms in total. The van der Waals surface area contributed by atoms with E-state index in [2.05, 4.69) is 36.1 Å². The molecule has 6 aromatic rings. The number of likely N-dealkylation sites (N-methyl/N-ethyl adjacent to an activating group) is 2. The summed E-state index contributed by atoms with van der Waals surface area (Å²) in [6, 6.07) is 12.1. The van der Waals surface area contributed by atoms with Crippen molar-refractivity contribution in [2.75, 3.05) is 109 Å². The zero-order chi connectivity index (χ0) is 52.2. The maximum absolute atomic E-state index is 15.3. The highest BCUT2D eigenvalue weighted by atomic mass is 32.2. The highest BCUT2D eigenvalue weighted by Crippen LogP contribution is 2.38. The van der Waals surface area contributed by atoms with Crippen LogP contribution in [0.2, 0.25) is 0 Å². The van der Waals surface area contributed by atoms with E-state index in [1.807, 2.05) is 26.0 Å². The Kier molecular flexibility index (Phi) is 15.6. The summed E-state index contributed by atoms with van der Waals surface area (Å²) in [6.45, 7) is 8.34. The van der Waals surface area contributed by atoms with Crippen molar-refractivity contribution in [2.45, 2.75) is 62.8 Å². The van der Waals surface area contributed by atoms with Crippen LogP contribution in [0, 0.1) is 13.8 Å². The Morgan fingerprint density at radius 3 is 2.20 bits per heavy atom. The third-order valence-electron chi connectivity index (χ3n) is 13.7. The third kappa shape index (κ3) is 11.4. The minimum absolute atomic E-state index is 0.0213. The van der Waals surface area contributed by atoms with E-state index in [9.17, 15) is 15.0 Å². The van der Waals surface area contributed by atoms with E-state index in [1.165, 1.54) is 16.5 Å². The average Bonchev–Trinajstić information content (AvgIpc) is 4.26. The highest BCUT2D eigenvalue weighted by Gasteiger charge is 2.39. The highest BCUT2D eigenvalue weighted by molar-refractivity contribution is 7.89. The standard InChI is InChI=1S/C51H63N13O10S/c1-30-44(58-47(59-45(30)56-34-10-14-70-23-34)32-6-5-7-39(16-32)72-26-37(65)18-52-3)43-22-64(50-42(43)20-54-29-55-50)75(68,69)28-33-8-9-40(73-27-38(66)19-53-4)17-41(33)48-60-46(57-35-11-15-71-24-35)31(2)49(61-48)62-12-13-63-36(21-62)25-74-51(63)67/h5-9,16-17,20,22,29,34-38,52-53,65-66H,10-15,18-19,21,23-28H2,1-4H3,(H,56,58,59)(H,57,60,61). The molecule has 4 fully saturated rings. The number of piperazine rings is 1. The molecule has 10 rings (SSSR count). The Balaban J connectivity index is 1.05. The van der Waals surface area contributed by atoms with Crippen molar-refractivity contribution in [2.24, 2.45) is 0 Å². The molecule has 4 aliphatic rings. The number of anilines is 3. The van der Waals surface area contributed by atoms with Crippen LogP contribution in [0.1, 0.15) is 29.5 Å². The topological polar surface area (TPSA) is 275 Å². The molecule has 2 aromatic carbocycles. The largest absolute Gasteiger partial charge is 0.491 e. The number of benzene rings is 2. The summed E-state index contributed by atoms with van der Waals surface area (Å²) < 4.78 is 60.6. The summed E-state index contributed by atoms with van der Waals surface area (Å²) >= 11 is 0. The SMILES string of the molecule is CNCC(O)COc1cccc(-c2nc(NC3CCOC3)c(C)c(-c3cn(S(=O)(=O)Cc4ccc(OCC(O)CNC)cc4-c4nc(NC5CCOC5)c(C)c(N5CCN6C(=O)OCC6C5)n4)c4ncncc34)n2)c1.